The molecular formula is C17H28N2O. The zero-order chi connectivity index (χ0) is 14.8. The summed E-state index contributed by atoms with van der Waals surface area (Å²) in [7, 11) is 0. The minimum absolute atomic E-state index is 0.0791. The van der Waals surface area contributed by atoms with Gasteiger partial charge in [0.1, 0.15) is 0 Å². The van der Waals surface area contributed by atoms with E-state index in [1.165, 1.54) is 16.7 Å². The Labute approximate surface area is 123 Å². The fourth-order valence-corrected chi connectivity index (χ4v) is 2.67. The number of aryl methyl sites for hydroxylation is 1. The summed E-state index contributed by atoms with van der Waals surface area (Å²) >= 11 is 0. The molecule has 0 radical (unpaired) electrons. The first-order chi connectivity index (χ1) is 9.38. The molecule has 1 aromatic rings. The minimum atomic E-state index is 0.0791. The van der Waals surface area contributed by atoms with Crippen LogP contribution in [-0.2, 0) is 10.2 Å². The summed E-state index contributed by atoms with van der Waals surface area (Å²) in [5.41, 5.74) is 10.6. The Bertz CT molecular complexity index is 445. The Kier molecular flexibility index (Phi) is 4.84. The molecule has 2 rings (SSSR count). The largest absolute Gasteiger partial charge is 0.379 e. The van der Waals surface area contributed by atoms with Crippen LogP contribution in [0.3, 0.4) is 0 Å². The summed E-state index contributed by atoms with van der Waals surface area (Å²) in [4.78, 5) is 2.40. The Hall–Kier alpha value is -0.900. The lowest BCUT2D eigenvalue weighted by molar-refractivity contribution is 0.0352. The fourth-order valence-electron chi connectivity index (χ4n) is 2.67. The molecule has 0 aromatic heterocycles. The quantitative estimate of drug-likeness (QED) is 0.922. The first kappa shape index (κ1) is 15.5. The van der Waals surface area contributed by atoms with E-state index in [2.05, 4.69) is 50.8 Å². The van der Waals surface area contributed by atoms with Gasteiger partial charge in [0, 0.05) is 25.7 Å². The predicted molar refractivity (Wildman–Crippen MR) is 84.1 cm³/mol. The van der Waals surface area contributed by atoms with Gasteiger partial charge in [-0.25, -0.2) is 0 Å². The Balaban J connectivity index is 2.13. The van der Waals surface area contributed by atoms with E-state index in [0.717, 1.165) is 32.8 Å². The SMILES string of the molecule is Cc1ccc(C(C)(C)C)cc1C(N)CN1CCOCC1. The highest BCUT2D eigenvalue weighted by Gasteiger charge is 2.19. The number of morpholine rings is 1. The van der Waals surface area contributed by atoms with Crippen molar-refractivity contribution in [1.29, 1.82) is 0 Å². The van der Waals surface area contributed by atoms with Crippen molar-refractivity contribution < 1.29 is 4.74 Å². The Morgan fingerprint density at radius 1 is 1.25 bits per heavy atom. The van der Waals surface area contributed by atoms with Crippen LogP contribution >= 0.6 is 0 Å². The smallest absolute Gasteiger partial charge is 0.0594 e. The lowest BCUT2D eigenvalue weighted by Gasteiger charge is -2.30. The van der Waals surface area contributed by atoms with Crippen LogP contribution in [-0.4, -0.2) is 37.7 Å². The van der Waals surface area contributed by atoms with Crippen LogP contribution in [0.2, 0.25) is 0 Å². The lowest BCUT2D eigenvalue weighted by Crippen LogP contribution is -2.40. The summed E-state index contributed by atoms with van der Waals surface area (Å²) < 4.78 is 5.39. The van der Waals surface area contributed by atoms with Gasteiger partial charge in [-0.3, -0.25) is 4.90 Å². The highest BCUT2D eigenvalue weighted by molar-refractivity contribution is 5.36. The minimum Gasteiger partial charge on any atom is -0.379 e. The molecule has 1 heterocycles. The van der Waals surface area contributed by atoms with Gasteiger partial charge in [0.15, 0.2) is 0 Å². The van der Waals surface area contributed by atoms with Crippen molar-refractivity contribution >= 4 is 0 Å². The van der Waals surface area contributed by atoms with Crippen molar-refractivity contribution in [2.45, 2.75) is 39.2 Å². The molecule has 1 aliphatic heterocycles. The van der Waals surface area contributed by atoms with E-state index in [-0.39, 0.29) is 11.5 Å². The molecule has 0 amide bonds. The molecule has 1 fully saturated rings. The van der Waals surface area contributed by atoms with Crippen LogP contribution < -0.4 is 5.73 Å². The summed E-state index contributed by atoms with van der Waals surface area (Å²) in [6, 6.07) is 6.80. The van der Waals surface area contributed by atoms with E-state index in [0.29, 0.717) is 0 Å². The van der Waals surface area contributed by atoms with Crippen LogP contribution in [0.5, 0.6) is 0 Å². The number of nitrogens with two attached hydrogens (primary N) is 1. The number of nitrogens with zero attached hydrogens (tertiary/aromatic N) is 1. The van der Waals surface area contributed by atoms with Gasteiger partial charge in [0.05, 0.1) is 13.2 Å². The van der Waals surface area contributed by atoms with E-state index >= 15 is 0 Å². The molecule has 0 bridgehead atoms. The molecule has 3 heteroatoms. The third-order valence-corrected chi connectivity index (χ3v) is 4.10. The van der Waals surface area contributed by atoms with Crippen LogP contribution in [0.4, 0.5) is 0 Å². The topological polar surface area (TPSA) is 38.5 Å². The van der Waals surface area contributed by atoms with Crippen LogP contribution in [0.15, 0.2) is 18.2 Å². The highest BCUT2D eigenvalue weighted by atomic mass is 16.5. The van der Waals surface area contributed by atoms with Crippen molar-refractivity contribution in [3.8, 4) is 0 Å². The summed E-state index contributed by atoms with van der Waals surface area (Å²) in [5.74, 6) is 0. The molecule has 20 heavy (non-hydrogen) atoms. The molecule has 1 aromatic carbocycles. The number of ether oxygens (including phenoxy) is 1. The second-order valence-corrected chi connectivity index (χ2v) is 6.84. The lowest BCUT2D eigenvalue weighted by atomic mass is 9.84. The summed E-state index contributed by atoms with van der Waals surface area (Å²) in [5, 5.41) is 0. The number of hydrogen-bond donors (Lipinski definition) is 1. The molecule has 1 unspecified atom stereocenters. The normalized spacial score (nSPS) is 19.1. The predicted octanol–water partition coefficient (Wildman–Crippen LogP) is 2.62. The maximum absolute atomic E-state index is 6.46. The van der Waals surface area contributed by atoms with Gasteiger partial charge < -0.3 is 10.5 Å². The van der Waals surface area contributed by atoms with Crippen LogP contribution in [0.1, 0.15) is 43.5 Å². The fraction of sp³-hybridized carbons (Fsp3) is 0.647. The van der Waals surface area contributed by atoms with E-state index in [4.69, 9.17) is 10.5 Å². The standard InChI is InChI=1S/C17H28N2O/c1-13-5-6-14(17(2,3)4)11-15(13)16(18)12-19-7-9-20-10-8-19/h5-6,11,16H,7-10,12,18H2,1-4H3. The first-order valence-electron chi connectivity index (χ1n) is 7.54. The third kappa shape index (κ3) is 3.81. The van der Waals surface area contributed by atoms with Gasteiger partial charge in [-0.2, -0.15) is 0 Å². The first-order valence-corrected chi connectivity index (χ1v) is 7.54. The zero-order valence-corrected chi connectivity index (χ0v) is 13.3. The molecule has 3 nitrogen and oxygen atoms in total. The van der Waals surface area contributed by atoms with Crippen molar-refractivity contribution in [1.82, 2.24) is 4.90 Å². The van der Waals surface area contributed by atoms with Crippen LogP contribution in [0, 0.1) is 6.92 Å². The van der Waals surface area contributed by atoms with Gasteiger partial charge in [-0.15, -0.1) is 0 Å². The molecular weight excluding hydrogens is 248 g/mol. The Morgan fingerprint density at radius 2 is 1.90 bits per heavy atom. The second kappa shape index (κ2) is 6.25. The molecule has 0 spiro atoms. The summed E-state index contributed by atoms with van der Waals surface area (Å²) in [6.45, 7) is 13.4. The van der Waals surface area contributed by atoms with E-state index in [9.17, 15) is 0 Å². The maximum atomic E-state index is 6.46. The third-order valence-electron chi connectivity index (χ3n) is 4.10. The molecule has 1 saturated heterocycles. The average molecular weight is 276 g/mol. The van der Waals surface area contributed by atoms with E-state index < -0.39 is 0 Å². The molecule has 1 atom stereocenters. The van der Waals surface area contributed by atoms with Crippen molar-refractivity contribution in [2.75, 3.05) is 32.8 Å². The number of rotatable bonds is 3. The Morgan fingerprint density at radius 3 is 2.50 bits per heavy atom. The molecule has 112 valence electrons. The van der Waals surface area contributed by atoms with Gasteiger partial charge in [-0.1, -0.05) is 39.0 Å². The molecule has 2 N–H and O–H groups in total. The molecule has 1 aliphatic rings. The van der Waals surface area contributed by atoms with Gasteiger partial charge >= 0.3 is 0 Å². The average Bonchev–Trinajstić information content (AvgIpc) is 2.39. The summed E-state index contributed by atoms with van der Waals surface area (Å²) in [6.07, 6.45) is 0. The van der Waals surface area contributed by atoms with Crippen molar-refractivity contribution in [2.24, 2.45) is 5.73 Å². The van der Waals surface area contributed by atoms with Gasteiger partial charge in [0.25, 0.3) is 0 Å². The number of hydrogen-bond acceptors (Lipinski definition) is 3. The monoisotopic (exact) mass is 276 g/mol. The molecule has 0 saturated carbocycles. The number of benzene rings is 1. The second-order valence-electron chi connectivity index (χ2n) is 6.84. The highest BCUT2D eigenvalue weighted by Crippen LogP contribution is 2.27. The van der Waals surface area contributed by atoms with Gasteiger partial charge in [0.2, 0.25) is 0 Å². The van der Waals surface area contributed by atoms with E-state index in [1.807, 2.05) is 0 Å². The van der Waals surface area contributed by atoms with Gasteiger partial charge in [-0.05, 0) is 29.0 Å². The molecule has 0 aliphatic carbocycles. The zero-order valence-electron chi connectivity index (χ0n) is 13.3. The van der Waals surface area contributed by atoms with Crippen molar-refractivity contribution in [3.05, 3.63) is 34.9 Å². The van der Waals surface area contributed by atoms with Crippen molar-refractivity contribution in [3.63, 3.8) is 0 Å². The van der Waals surface area contributed by atoms with Crippen LogP contribution in [0.25, 0.3) is 0 Å². The van der Waals surface area contributed by atoms with E-state index in [1.54, 1.807) is 0 Å². The maximum Gasteiger partial charge on any atom is 0.0594 e.